The first kappa shape index (κ1) is 12.9. The average molecular weight is 283 g/mol. The van der Waals surface area contributed by atoms with Crippen molar-refractivity contribution in [3.05, 3.63) is 53.3 Å². The molecule has 0 radical (unpaired) electrons. The van der Waals surface area contributed by atoms with Crippen molar-refractivity contribution in [2.75, 3.05) is 12.8 Å². The fourth-order valence-electron chi connectivity index (χ4n) is 2.06. The highest BCUT2D eigenvalue weighted by atomic mass is 16.5. The van der Waals surface area contributed by atoms with Crippen LogP contribution in [0, 0.1) is 0 Å². The normalized spacial score (nSPS) is 10.5. The third-order valence-corrected chi connectivity index (χ3v) is 3.07. The molecule has 7 heteroatoms. The molecule has 0 atom stereocenters. The number of nitrogens with zero attached hydrogens (tertiary/aromatic N) is 3. The summed E-state index contributed by atoms with van der Waals surface area (Å²) in [6.45, 7) is 0. The molecule has 3 aromatic rings. The molecule has 0 spiro atoms. The molecule has 0 fully saturated rings. The highest BCUT2D eigenvalue weighted by Gasteiger charge is 2.13. The molecular formula is C14H13N5O2. The Labute approximate surface area is 120 Å². The molecular weight excluding hydrogens is 270 g/mol. The molecule has 0 saturated heterocycles. The van der Waals surface area contributed by atoms with E-state index in [1.165, 1.54) is 18.1 Å². The Bertz CT molecular complexity index is 837. The third-order valence-electron chi connectivity index (χ3n) is 3.07. The van der Waals surface area contributed by atoms with E-state index in [4.69, 9.17) is 10.5 Å². The van der Waals surface area contributed by atoms with Crippen molar-refractivity contribution in [1.29, 1.82) is 0 Å². The molecule has 0 aliphatic heterocycles. The van der Waals surface area contributed by atoms with Gasteiger partial charge in [-0.3, -0.25) is 4.79 Å². The molecule has 0 aliphatic rings. The van der Waals surface area contributed by atoms with Crippen molar-refractivity contribution in [2.24, 2.45) is 0 Å². The van der Waals surface area contributed by atoms with E-state index < -0.39 is 0 Å². The Hall–Kier alpha value is -3.09. The molecule has 0 amide bonds. The smallest absolute Gasteiger partial charge is 0.295 e. The van der Waals surface area contributed by atoms with Crippen molar-refractivity contribution in [2.45, 2.75) is 0 Å². The van der Waals surface area contributed by atoms with Crippen LogP contribution in [-0.2, 0) is 0 Å². The Morgan fingerprint density at radius 1 is 1.33 bits per heavy atom. The van der Waals surface area contributed by atoms with Crippen LogP contribution in [0.1, 0.15) is 0 Å². The second-order valence-electron chi connectivity index (χ2n) is 4.35. The van der Waals surface area contributed by atoms with E-state index in [-0.39, 0.29) is 11.3 Å². The van der Waals surface area contributed by atoms with Crippen LogP contribution in [0.5, 0.6) is 5.75 Å². The van der Waals surface area contributed by atoms with Gasteiger partial charge in [-0.05, 0) is 6.07 Å². The van der Waals surface area contributed by atoms with E-state index in [1.54, 1.807) is 12.4 Å². The number of ether oxygens (including phenoxy) is 1. The van der Waals surface area contributed by atoms with Crippen LogP contribution in [0.3, 0.4) is 0 Å². The largest absolute Gasteiger partial charge is 0.488 e. The molecule has 106 valence electrons. The summed E-state index contributed by atoms with van der Waals surface area (Å²) < 4.78 is 6.56. The fraction of sp³-hybridized carbons (Fsp3) is 0.0714. The number of H-pyrrole nitrogens is 1. The quantitative estimate of drug-likeness (QED) is 0.704. The van der Waals surface area contributed by atoms with Gasteiger partial charge in [0.05, 0.1) is 19.6 Å². The summed E-state index contributed by atoms with van der Waals surface area (Å²) in [5.74, 6) is 0.426. The van der Waals surface area contributed by atoms with Gasteiger partial charge in [0.2, 0.25) is 11.6 Å². The Kier molecular flexibility index (Phi) is 3.15. The maximum Gasteiger partial charge on any atom is 0.295 e. The summed E-state index contributed by atoms with van der Waals surface area (Å²) in [6, 6.07) is 7.48. The molecule has 3 N–H and O–H groups in total. The molecule has 0 unspecified atom stereocenters. The zero-order valence-electron chi connectivity index (χ0n) is 11.3. The van der Waals surface area contributed by atoms with Crippen molar-refractivity contribution in [3.63, 3.8) is 0 Å². The summed E-state index contributed by atoms with van der Waals surface area (Å²) in [6.07, 6.45) is 4.71. The third kappa shape index (κ3) is 2.25. The summed E-state index contributed by atoms with van der Waals surface area (Å²) >= 11 is 0. The van der Waals surface area contributed by atoms with Gasteiger partial charge in [-0.25, -0.2) is 9.67 Å². The molecule has 0 bridgehead atoms. The first-order valence-corrected chi connectivity index (χ1v) is 6.22. The molecule has 2 heterocycles. The number of rotatable bonds is 3. The van der Waals surface area contributed by atoms with Crippen LogP contribution >= 0.6 is 0 Å². The summed E-state index contributed by atoms with van der Waals surface area (Å²) in [5, 5.41) is 4.22. The van der Waals surface area contributed by atoms with Crippen molar-refractivity contribution in [1.82, 2.24) is 19.7 Å². The number of hydrogen-bond donors (Lipinski definition) is 2. The molecule has 2 aromatic heterocycles. The summed E-state index contributed by atoms with van der Waals surface area (Å²) in [5.41, 5.74) is 7.94. The molecule has 21 heavy (non-hydrogen) atoms. The highest BCUT2D eigenvalue weighted by Crippen LogP contribution is 2.26. The van der Waals surface area contributed by atoms with Gasteiger partial charge in [0.1, 0.15) is 0 Å². The molecule has 0 aliphatic carbocycles. The number of benzene rings is 1. The monoisotopic (exact) mass is 283 g/mol. The van der Waals surface area contributed by atoms with E-state index in [0.29, 0.717) is 11.5 Å². The number of methoxy groups -OCH3 is 1. The van der Waals surface area contributed by atoms with Crippen molar-refractivity contribution >= 4 is 5.69 Å². The number of nitrogens with one attached hydrogen (secondary N) is 1. The van der Waals surface area contributed by atoms with Crippen molar-refractivity contribution < 1.29 is 4.74 Å². The van der Waals surface area contributed by atoms with E-state index in [1.807, 2.05) is 24.3 Å². The number of aromatic amines is 1. The summed E-state index contributed by atoms with van der Waals surface area (Å²) in [4.78, 5) is 18.2. The summed E-state index contributed by atoms with van der Waals surface area (Å²) in [7, 11) is 1.41. The van der Waals surface area contributed by atoms with Crippen molar-refractivity contribution in [3.8, 4) is 22.7 Å². The van der Waals surface area contributed by atoms with Crippen LogP contribution in [0.25, 0.3) is 16.9 Å². The maximum atomic E-state index is 11.7. The van der Waals surface area contributed by atoms with Gasteiger partial charge >= 0.3 is 0 Å². The minimum absolute atomic E-state index is 0.105. The van der Waals surface area contributed by atoms with Crippen LogP contribution in [-0.4, -0.2) is 26.9 Å². The number of anilines is 1. The van der Waals surface area contributed by atoms with E-state index >= 15 is 0 Å². The number of para-hydroxylation sites is 1. The Balaban J connectivity index is 2.10. The lowest BCUT2D eigenvalue weighted by atomic mass is 10.1. The number of aromatic nitrogens is 4. The predicted octanol–water partition coefficient (Wildman–Crippen LogP) is 1.21. The van der Waals surface area contributed by atoms with E-state index in [2.05, 4.69) is 15.1 Å². The highest BCUT2D eigenvalue weighted by molar-refractivity contribution is 5.75. The van der Waals surface area contributed by atoms with Crippen LogP contribution < -0.4 is 16.0 Å². The van der Waals surface area contributed by atoms with Gasteiger partial charge in [0, 0.05) is 23.0 Å². The second kappa shape index (κ2) is 5.12. The topological polar surface area (TPSA) is 98.8 Å². The molecule has 1 aromatic carbocycles. The number of nitrogens with two attached hydrogens (primary N) is 1. The average Bonchev–Trinajstić information content (AvgIpc) is 2.97. The van der Waals surface area contributed by atoms with Gasteiger partial charge < -0.3 is 15.5 Å². The van der Waals surface area contributed by atoms with Gasteiger partial charge in [-0.1, -0.05) is 18.2 Å². The molecule has 3 rings (SSSR count). The van der Waals surface area contributed by atoms with Crippen LogP contribution in [0.15, 0.2) is 47.8 Å². The molecule has 7 nitrogen and oxygen atoms in total. The molecule has 0 saturated carbocycles. The SMILES string of the molecule is COc1c(-n2cc(-c3ccccc3N)cn2)nc[nH]c1=O. The minimum Gasteiger partial charge on any atom is -0.488 e. The number of nitrogen functional groups attached to an aromatic ring is 1. The first-order valence-electron chi connectivity index (χ1n) is 6.22. The minimum atomic E-state index is -0.362. The predicted molar refractivity (Wildman–Crippen MR) is 78.4 cm³/mol. The Morgan fingerprint density at radius 3 is 2.90 bits per heavy atom. The second-order valence-corrected chi connectivity index (χ2v) is 4.35. The van der Waals surface area contributed by atoms with Gasteiger partial charge in [-0.2, -0.15) is 5.10 Å². The van der Waals surface area contributed by atoms with Crippen LogP contribution in [0.2, 0.25) is 0 Å². The zero-order chi connectivity index (χ0) is 14.8. The van der Waals surface area contributed by atoms with E-state index in [0.717, 1.165) is 11.1 Å². The van der Waals surface area contributed by atoms with E-state index in [9.17, 15) is 4.79 Å². The first-order chi connectivity index (χ1) is 10.2. The lowest BCUT2D eigenvalue weighted by Gasteiger charge is -2.05. The standard InChI is InChI=1S/C14H13N5O2/c1-21-12-13(16-8-17-14(12)20)19-7-9(6-18-19)10-4-2-3-5-11(10)15/h2-8H,15H2,1H3,(H,16,17,20). The fourth-order valence-corrected chi connectivity index (χ4v) is 2.06. The zero-order valence-corrected chi connectivity index (χ0v) is 11.3. The lowest BCUT2D eigenvalue weighted by Crippen LogP contribution is -2.14. The number of hydrogen-bond acceptors (Lipinski definition) is 5. The maximum absolute atomic E-state index is 11.7. The van der Waals surface area contributed by atoms with Gasteiger partial charge in [0.25, 0.3) is 5.56 Å². The Morgan fingerprint density at radius 2 is 2.14 bits per heavy atom. The lowest BCUT2D eigenvalue weighted by molar-refractivity contribution is 0.402. The van der Waals surface area contributed by atoms with Gasteiger partial charge in [-0.15, -0.1) is 0 Å². The van der Waals surface area contributed by atoms with Gasteiger partial charge in [0.15, 0.2) is 0 Å². The van der Waals surface area contributed by atoms with Crippen LogP contribution in [0.4, 0.5) is 5.69 Å².